The second kappa shape index (κ2) is 13.7. The summed E-state index contributed by atoms with van der Waals surface area (Å²) in [5, 5.41) is 5.33. The van der Waals surface area contributed by atoms with Crippen LogP contribution in [-0.2, 0) is 17.5 Å². The number of methoxy groups -OCH3 is 1. The van der Waals surface area contributed by atoms with Crippen molar-refractivity contribution in [2.45, 2.75) is 38.6 Å². The Balaban J connectivity index is 1.45. The number of aryl methyl sites for hydroxylation is 1. The van der Waals surface area contributed by atoms with Gasteiger partial charge in [0, 0.05) is 17.0 Å². The molecule has 0 unspecified atom stereocenters. The van der Waals surface area contributed by atoms with Gasteiger partial charge in [0.2, 0.25) is 0 Å². The Morgan fingerprint density at radius 2 is 1.76 bits per heavy atom. The smallest absolute Gasteiger partial charge is 0.325 e. The molecule has 0 saturated heterocycles. The molecule has 0 atom stereocenters. The minimum absolute atomic E-state index is 0.0900. The average molecular weight is 504 g/mol. The summed E-state index contributed by atoms with van der Waals surface area (Å²) in [6.07, 6.45) is 4.65. The summed E-state index contributed by atoms with van der Waals surface area (Å²) in [4.78, 5) is 19.1. The van der Waals surface area contributed by atoms with Crippen molar-refractivity contribution >= 4 is 18.9 Å². The van der Waals surface area contributed by atoms with E-state index < -0.39 is 7.60 Å². The average Bonchev–Trinajstić information content (AvgIpc) is 3.36. The highest BCUT2D eigenvalue weighted by Gasteiger charge is 2.12. The lowest BCUT2D eigenvalue weighted by Crippen LogP contribution is -2.15. The topological polar surface area (TPSA) is 88.0 Å². The molecule has 34 heavy (non-hydrogen) atoms. The van der Waals surface area contributed by atoms with Crippen LogP contribution in [0.4, 0.5) is 0 Å². The fourth-order valence-corrected chi connectivity index (χ4v) is 4.98. The van der Waals surface area contributed by atoms with Gasteiger partial charge < -0.3 is 24.6 Å². The molecule has 0 saturated carbocycles. The van der Waals surface area contributed by atoms with Gasteiger partial charge in [-0.05, 0) is 85.5 Å². The van der Waals surface area contributed by atoms with E-state index in [4.69, 9.17) is 19.3 Å². The van der Waals surface area contributed by atoms with Crippen molar-refractivity contribution in [1.29, 1.82) is 0 Å². The van der Waals surface area contributed by atoms with E-state index in [-0.39, 0.29) is 6.16 Å². The van der Waals surface area contributed by atoms with Crippen LogP contribution in [0.25, 0.3) is 10.4 Å². The van der Waals surface area contributed by atoms with Gasteiger partial charge in [0.25, 0.3) is 0 Å². The summed E-state index contributed by atoms with van der Waals surface area (Å²) >= 11 is 1.69. The van der Waals surface area contributed by atoms with Crippen LogP contribution in [0.15, 0.2) is 60.0 Å². The Morgan fingerprint density at radius 1 is 0.971 bits per heavy atom. The molecular weight excluding hydrogens is 469 g/mol. The molecule has 1 aromatic heterocycles. The molecule has 6 nitrogen and oxygen atoms in total. The standard InChI is InChI=1S/C26H34NO5PS/c1-31-23-12-9-21(10-13-23)7-3-2-4-16-32-25-14-11-22(19-24(25)26-8-5-18-34-26)20-27-15-6-17-33(28,29)30/h5,8-14,18-19,27H,2-4,6-7,15-17,20H2,1H3,(H2,28,29,30). The molecule has 0 aliphatic rings. The van der Waals surface area contributed by atoms with Gasteiger partial charge in [-0.25, -0.2) is 0 Å². The molecule has 0 spiro atoms. The predicted molar refractivity (Wildman–Crippen MR) is 139 cm³/mol. The van der Waals surface area contributed by atoms with Crippen molar-refractivity contribution in [3.05, 3.63) is 71.1 Å². The van der Waals surface area contributed by atoms with Crippen LogP contribution in [0, 0.1) is 0 Å². The first-order chi connectivity index (χ1) is 16.4. The van der Waals surface area contributed by atoms with Crippen molar-refractivity contribution in [3.8, 4) is 21.9 Å². The van der Waals surface area contributed by atoms with E-state index in [1.54, 1.807) is 18.4 Å². The Bertz CT molecular complexity index is 1030. The second-order valence-corrected chi connectivity index (χ2v) is 11.0. The maximum atomic E-state index is 11.0. The van der Waals surface area contributed by atoms with Crippen LogP contribution in [-0.4, -0.2) is 36.2 Å². The van der Waals surface area contributed by atoms with Crippen molar-refractivity contribution in [2.75, 3.05) is 26.4 Å². The molecule has 0 aliphatic heterocycles. The van der Waals surface area contributed by atoms with E-state index in [1.807, 2.05) is 30.3 Å². The molecule has 1 heterocycles. The van der Waals surface area contributed by atoms with Gasteiger partial charge in [-0.3, -0.25) is 4.57 Å². The highest BCUT2D eigenvalue weighted by atomic mass is 32.1. The molecule has 0 fully saturated rings. The van der Waals surface area contributed by atoms with Crippen molar-refractivity contribution < 1.29 is 23.8 Å². The lowest BCUT2D eigenvalue weighted by Gasteiger charge is -2.13. The number of thiophene rings is 1. The van der Waals surface area contributed by atoms with Gasteiger partial charge in [-0.2, -0.15) is 0 Å². The lowest BCUT2D eigenvalue weighted by molar-refractivity contribution is 0.306. The van der Waals surface area contributed by atoms with E-state index in [1.165, 1.54) is 5.56 Å². The van der Waals surface area contributed by atoms with Crippen LogP contribution < -0.4 is 14.8 Å². The van der Waals surface area contributed by atoms with Gasteiger partial charge in [0.1, 0.15) is 11.5 Å². The zero-order valence-electron chi connectivity index (χ0n) is 19.6. The van der Waals surface area contributed by atoms with Crippen LogP contribution >= 0.6 is 18.9 Å². The molecule has 3 N–H and O–H groups in total. The van der Waals surface area contributed by atoms with E-state index in [0.717, 1.165) is 53.2 Å². The Morgan fingerprint density at radius 3 is 2.47 bits per heavy atom. The highest BCUT2D eigenvalue weighted by Crippen LogP contribution is 2.35. The minimum Gasteiger partial charge on any atom is -0.497 e. The number of ether oxygens (including phenoxy) is 2. The molecule has 3 aromatic rings. The molecule has 3 rings (SSSR count). The predicted octanol–water partition coefficient (Wildman–Crippen LogP) is 5.87. The third-order valence-electron chi connectivity index (χ3n) is 5.49. The Hall–Kier alpha value is -2.15. The third kappa shape index (κ3) is 9.24. The molecule has 8 heteroatoms. The molecule has 0 radical (unpaired) electrons. The molecule has 0 aliphatic carbocycles. The monoisotopic (exact) mass is 503 g/mol. The molecule has 2 aromatic carbocycles. The van der Waals surface area contributed by atoms with E-state index in [0.29, 0.717) is 26.1 Å². The van der Waals surface area contributed by atoms with Gasteiger partial charge in [0.15, 0.2) is 0 Å². The third-order valence-corrected chi connectivity index (χ3v) is 7.29. The number of nitrogens with one attached hydrogen (secondary N) is 1. The lowest BCUT2D eigenvalue weighted by atomic mass is 10.1. The van der Waals surface area contributed by atoms with Crippen LogP contribution in [0.2, 0.25) is 0 Å². The SMILES string of the molecule is COc1ccc(CCCCCOc2ccc(CNCCCP(=O)(O)O)cc2-c2cccs2)cc1. The maximum Gasteiger partial charge on any atom is 0.325 e. The number of hydrogen-bond acceptors (Lipinski definition) is 5. The molecule has 0 amide bonds. The van der Waals surface area contributed by atoms with Gasteiger partial charge in [-0.15, -0.1) is 11.3 Å². The minimum atomic E-state index is -3.92. The summed E-state index contributed by atoms with van der Waals surface area (Å²) in [6, 6.07) is 18.6. The first kappa shape index (κ1) is 26.5. The second-order valence-electron chi connectivity index (χ2n) is 8.23. The van der Waals surface area contributed by atoms with Gasteiger partial charge in [-0.1, -0.05) is 24.3 Å². The van der Waals surface area contributed by atoms with E-state index in [2.05, 4.69) is 35.0 Å². The summed E-state index contributed by atoms with van der Waals surface area (Å²) in [5.41, 5.74) is 3.53. The molecule has 0 bridgehead atoms. The van der Waals surface area contributed by atoms with Crippen LogP contribution in [0.3, 0.4) is 0 Å². The van der Waals surface area contributed by atoms with E-state index in [9.17, 15) is 4.57 Å². The summed E-state index contributed by atoms with van der Waals surface area (Å²) in [6.45, 7) is 1.89. The molecule has 184 valence electrons. The summed E-state index contributed by atoms with van der Waals surface area (Å²) < 4.78 is 22.3. The van der Waals surface area contributed by atoms with Crippen molar-refractivity contribution in [1.82, 2.24) is 5.32 Å². The number of hydrogen-bond donors (Lipinski definition) is 3. The normalized spacial score (nSPS) is 11.5. The first-order valence-corrected chi connectivity index (χ1v) is 14.3. The fraction of sp³-hybridized carbons (Fsp3) is 0.385. The number of benzene rings is 2. The number of rotatable bonds is 15. The quantitative estimate of drug-likeness (QED) is 0.178. The highest BCUT2D eigenvalue weighted by molar-refractivity contribution is 7.51. The van der Waals surface area contributed by atoms with E-state index >= 15 is 0 Å². The van der Waals surface area contributed by atoms with Crippen molar-refractivity contribution in [2.24, 2.45) is 0 Å². The Labute approximate surface area is 206 Å². The van der Waals surface area contributed by atoms with Gasteiger partial charge >= 0.3 is 7.60 Å². The maximum absolute atomic E-state index is 11.0. The number of unbranched alkanes of at least 4 members (excludes halogenated alkanes) is 2. The van der Waals surface area contributed by atoms with Gasteiger partial charge in [0.05, 0.1) is 19.9 Å². The summed E-state index contributed by atoms with van der Waals surface area (Å²) in [5.74, 6) is 1.78. The molecular formula is C26H34NO5PS. The van der Waals surface area contributed by atoms with Crippen LogP contribution in [0.1, 0.15) is 36.8 Å². The fourth-order valence-electron chi connectivity index (χ4n) is 3.66. The largest absolute Gasteiger partial charge is 0.497 e. The van der Waals surface area contributed by atoms with Crippen molar-refractivity contribution in [3.63, 3.8) is 0 Å². The van der Waals surface area contributed by atoms with Crippen LogP contribution in [0.5, 0.6) is 11.5 Å². The zero-order valence-corrected chi connectivity index (χ0v) is 21.3. The zero-order chi connectivity index (χ0) is 24.2. The first-order valence-electron chi connectivity index (χ1n) is 11.6. The Kier molecular flexibility index (Phi) is 10.6. The summed E-state index contributed by atoms with van der Waals surface area (Å²) in [7, 11) is -2.24.